The molecular weight excluding hydrogens is 414 g/mol. The molecule has 31 heavy (non-hydrogen) atoms. The van der Waals surface area contributed by atoms with Gasteiger partial charge in [-0.1, -0.05) is 32.9 Å². The van der Waals surface area contributed by atoms with Crippen LogP contribution < -0.4 is 4.90 Å². The second kappa shape index (κ2) is 8.76. The Labute approximate surface area is 183 Å². The molecule has 1 aliphatic rings. The molecule has 3 heterocycles. The summed E-state index contributed by atoms with van der Waals surface area (Å²) in [7, 11) is -3.52. The van der Waals surface area contributed by atoms with E-state index in [1.165, 1.54) is 4.31 Å². The summed E-state index contributed by atoms with van der Waals surface area (Å²) in [6.07, 6.45) is 2.60. The highest BCUT2D eigenvalue weighted by atomic mass is 32.2. The van der Waals surface area contributed by atoms with Crippen LogP contribution in [0.1, 0.15) is 38.1 Å². The third kappa shape index (κ3) is 4.33. The second-order valence-corrected chi connectivity index (χ2v) is 9.80. The van der Waals surface area contributed by atoms with Crippen LogP contribution in [0.5, 0.6) is 0 Å². The molecule has 0 atom stereocenters. The molecule has 1 fully saturated rings. The smallest absolute Gasteiger partial charge is 0.251 e. The minimum absolute atomic E-state index is 0.140. The summed E-state index contributed by atoms with van der Waals surface area (Å²) in [5.74, 6) is 1.87. The fourth-order valence-electron chi connectivity index (χ4n) is 3.58. The van der Waals surface area contributed by atoms with Crippen LogP contribution in [0.25, 0.3) is 11.5 Å². The highest BCUT2D eigenvalue weighted by Gasteiger charge is 2.30. The molecule has 2 aromatic heterocycles. The van der Waals surface area contributed by atoms with E-state index in [4.69, 9.17) is 4.42 Å². The number of piperazine rings is 1. The first-order valence-corrected chi connectivity index (χ1v) is 12.0. The third-order valence-corrected chi connectivity index (χ3v) is 7.37. The number of aromatic nitrogens is 3. The van der Waals surface area contributed by atoms with E-state index >= 15 is 0 Å². The van der Waals surface area contributed by atoms with E-state index in [1.807, 2.05) is 45.0 Å². The van der Waals surface area contributed by atoms with Gasteiger partial charge in [0.2, 0.25) is 15.9 Å². The topological polar surface area (TPSA) is 92.4 Å². The molecule has 0 unspecified atom stereocenters. The molecule has 0 aliphatic carbocycles. The van der Waals surface area contributed by atoms with E-state index < -0.39 is 10.0 Å². The van der Waals surface area contributed by atoms with E-state index in [0.29, 0.717) is 42.9 Å². The summed E-state index contributed by atoms with van der Waals surface area (Å²) in [5, 5.41) is 8.30. The fraction of sp³-hybridized carbons (Fsp3) is 0.409. The van der Waals surface area contributed by atoms with Crippen LogP contribution >= 0.6 is 0 Å². The van der Waals surface area contributed by atoms with Gasteiger partial charge in [0.25, 0.3) is 5.89 Å². The van der Waals surface area contributed by atoms with Crippen molar-refractivity contribution in [2.75, 3.05) is 31.1 Å². The molecule has 0 spiro atoms. The Morgan fingerprint density at radius 2 is 1.74 bits per heavy atom. The normalized spacial score (nSPS) is 15.5. The Bertz CT molecular complexity index is 1130. The van der Waals surface area contributed by atoms with Crippen LogP contribution in [0.3, 0.4) is 0 Å². The lowest BCUT2D eigenvalue weighted by atomic mass is 10.2. The van der Waals surface area contributed by atoms with Gasteiger partial charge in [-0.15, -0.1) is 10.2 Å². The quantitative estimate of drug-likeness (QED) is 0.579. The van der Waals surface area contributed by atoms with Gasteiger partial charge in [0, 0.05) is 38.3 Å². The standard InChI is InChI=1S/C22H27N5O3S/c1-4-17-7-9-18(10-8-17)31(28,29)27-14-12-26(13-15-27)20-19(6-5-11-23-20)22-25-24-21(30-22)16(2)3/h5-11,16H,4,12-15H2,1-3H3. The molecule has 0 N–H and O–H groups in total. The zero-order valence-corrected chi connectivity index (χ0v) is 18.8. The fourth-order valence-corrected chi connectivity index (χ4v) is 5.00. The van der Waals surface area contributed by atoms with Gasteiger partial charge < -0.3 is 9.32 Å². The lowest BCUT2D eigenvalue weighted by molar-refractivity contribution is 0.383. The van der Waals surface area contributed by atoms with Crippen LogP contribution in [0.2, 0.25) is 0 Å². The molecule has 1 saturated heterocycles. The molecule has 3 aromatic rings. The van der Waals surface area contributed by atoms with Crippen molar-refractivity contribution in [3.8, 4) is 11.5 Å². The van der Waals surface area contributed by atoms with Crippen LogP contribution in [0.15, 0.2) is 51.9 Å². The van der Waals surface area contributed by atoms with E-state index in [-0.39, 0.29) is 5.92 Å². The molecule has 0 saturated carbocycles. The zero-order valence-electron chi connectivity index (χ0n) is 18.0. The van der Waals surface area contributed by atoms with E-state index in [2.05, 4.69) is 20.1 Å². The van der Waals surface area contributed by atoms with Gasteiger partial charge in [-0.2, -0.15) is 4.31 Å². The Morgan fingerprint density at radius 3 is 2.35 bits per heavy atom. The van der Waals surface area contributed by atoms with Crippen molar-refractivity contribution < 1.29 is 12.8 Å². The number of pyridine rings is 1. The first kappa shape index (κ1) is 21.5. The minimum Gasteiger partial charge on any atom is -0.420 e. The van der Waals surface area contributed by atoms with Gasteiger partial charge in [-0.3, -0.25) is 0 Å². The van der Waals surface area contributed by atoms with Gasteiger partial charge in [0.05, 0.1) is 10.5 Å². The van der Waals surface area contributed by atoms with Crippen LogP contribution in [0.4, 0.5) is 5.82 Å². The molecule has 9 heteroatoms. The SMILES string of the molecule is CCc1ccc(S(=O)(=O)N2CCN(c3ncccc3-c3nnc(C(C)C)o3)CC2)cc1. The number of hydrogen-bond acceptors (Lipinski definition) is 7. The van der Waals surface area contributed by atoms with Crippen LogP contribution in [0, 0.1) is 0 Å². The van der Waals surface area contributed by atoms with Crippen molar-refractivity contribution in [3.05, 3.63) is 54.0 Å². The lowest BCUT2D eigenvalue weighted by Crippen LogP contribution is -2.49. The number of rotatable bonds is 6. The molecule has 4 rings (SSSR count). The summed E-state index contributed by atoms with van der Waals surface area (Å²) in [5.41, 5.74) is 1.88. The third-order valence-electron chi connectivity index (χ3n) is 5.46. The summed E-state index contributed by atoms with van der Waals surface area (Å²) < 4.78 is 33.4. The molecule has 0 amide bonds. The first-order chi connectivity index (χ1) is 14.9. The summed E-state index contributed by atoms with van der Waals surface area (Å²) in [6, 6.07) is 10.9. The Hall–Kier alpha value is -2.78. The Kier molecular flexibility index (Phi) is 6.06. The number of benzene rings is 1. The van der Waals surface area contributed by atoms with E-state index in [1.54, 1.807) is 18.3 Å². The maximum absolute atomic E-state index is 13.0. The number of aryl methyl sites for hydroxylation is 1. The van der Waals surface area contributed by atoms with Crippen molar-refractivity contribution >= 4 is 15.8 Å². The van der Waals surface area contributed by atoms with Crippen LogP contribution in [-0.2, 0) is 16.4 Å². The zero-order chi connectivity index (χ0) is 22.0. The Balaban J connectivity index is 1.51. The van der Waals surface area contributed by atoms with Crippen molar-refractivity contribution in [1.29, 1.82) is 0 Å². The summed E-state index contributed by atoms with van der Waals surface area (Å²) in [4.78, 5) is 6.93. The maximum atomic E-state index is 13.0. The van der Waals surface area contributed by atoms with Gasteiger partial charge in [-0.05, 0) is 36.2 Å². The number of anilines is 1. The summed E-state index contributed by atoms with van der Waals surface area (Å²) >= 11 is 0. The second-order valence-electron chi connectivity index (χ2n) is 7.86. The van der Waals surface area contributed by atoms with Crippen molar-refractivity contribution in [1.82, 2.24) is 19.5 Å². The minimum atomic E-state index is -3.52. The highest BCUT2D eigenvalue weighted by Crippen LogP contribution is 2.30. The Morgan fingerprint density at radius 1 is 1.03 bits per heavy atom. The van der Waals surface area contributed by atoms with Crippen LogP contribution in [-0.4, -0.2) is 54.1 Å². The maximum Gasteiger partial charge on any atom is 0.251 e. The molecule has 0 bridgehead atoms. The highest BCUT2D eigenvalue weighted by molar-refractivity contribution is 7.89. The van der Waals surface area contributed by atoms with E-state index in [9.17, 15) is 8.42 Å². The molecule has 0 radical (unpaired) electrons. The van der Waals surface area contributed by atoms with Gasteiger partial charge >= 0.3 is 0 Å². The van der Waals surface area contributed by atoms with Crippen molar-refractivity contribution in [2.24, 2.45) is 0 Å². The van der Waals surface area contributed by atoms with Gasteiger partial charge in [-0.25, -0.2) is 13.4 Å². The molecule has 1 aromatic carbocycles. The summed E-state index contributed by atoms with van der Waals surface area (Å²) in [6.45, 7) is 7.87. The number of nitrogens with zero attached hydrogens (tertiary/aromatic N) is 5. The van der Waals surface area contributed by atoms with Crippen molar-refractivity contribution in [3.63, 3.8) is 0 Å². The molecule has 8 nitrogen and oxygen atoms in total. The molecule has 1 aliphatic heterocycles. The molecular formula is C22H27N5O3S. The first-order valence-electron chi connectivity index (χ1n) is 10.5. The lowest BCUT2D eigenvalue weighted by Gasteiger charge is -2.35. The number of sulfonamides is 1. The van der Waals surface area contributed by atoms with Crippen molar-refractivity contribution in [2.45, 2.75) is 38.0 Å². The van der Waals surface area contributed by atoms with Gasteiger partial charge in [0.15, 0.2) is 0 Å². The molecule has 164 valence electrons. The average molecular weight is 442 g/mol. The van der Waals surface area contributed by atoms with Gasteiger partial charge in [0.1, 0.15) is 5.82 Å². The average Bonchev–Trinajstić information content (AvgIpc) is 3.30. The predicted octanol–water partition coefficient (Wildman–Crippen LogP) is 3.33. The largest absolute Gasteiger partial charge is 0.420 e. The predicted molar refractivity (Wildman–Crippen MR) is 118 cm³/mol. The van der Waals surface area contributed by atoms with E-state index in [0.717, 1.165) is 23.4 Å². The monoisotopic (exact) mass is 441 g/mol. The number of hydrogen-bond donors (Lipinski definition) is 0.